The van der Waals surface area contributed by atoms with Crippen molar-refractivity contribution in [1.29, 1.82) is 0 Å². The Balaban J connectivity index is 2.50. The Labute approximate surface area is 114 Å². The maximum Gasteiger partial charge on any atom is 0.323 e. The first-order chi connectivity index (χ1) is 9.25. The molecule has 0 aromatic carbocycles. The number of rotatable bonds is 3. The molecule has 1 atom stereocenters. The highest BCUT2D eigenvalue weighted by Gasteiger charge is 2.42. The summed E-state index contributed by atoms with van der Waals surface area (Å²) in [4.78, 5) is 22.3. The summed E-state index contributed by atoms with van der Waals surface area (Å²) < 4.78 is 30.5. The first kappa shape index (κ1) is 14.5. The molecule has 0 aliphatic carbocycles. The monoisotopic (exact) mass is 303 g/mol. The van der Waals surface area contributed by atoms with Crippen LogP contribution in [0.15, 0.2) is 9.42 Å². The van der Waals surface area contributed by atoms with Crippen LogP contribution in [0.5, 0.6) is 0 Å². The number of carboxylic acid groups (broad SMARTS) is 1. The van der Waals surface area contributed by atoms with Crippen molar-refractivity contribution in [2.24, 2.45) is 0 Å². The lowest BCUT2D eigenvalue weighted by Gasteiger charge is -2.31. The van der Waals surface area contributed by atoms with Crippen molar-refractivity contribution >= 4 is 21.9 Å². The summed E-state index contributed by atoms with van der Waals surface area (Å²) in [6.45, 7) is 2.01. The van der Waals surface area contributed by atoms with Crippen molar-refractivity contribution in [2.45, 2.75) is 24.8 Å². The molecule has 1 saturated heterocycles. The Bertz CT molecular complexity index is 645. The zero-order valence-corrected chi connectivity index (χ0v) is 11.6. The second-order valence-corrected chi connectivity index (χ2v) is 6.19. The number of aliphatic carboxylic acids is 1. The Morgan fingerprint density at radius 2 is 2.15 bits per heavy atom. The summed E-state index contributed by atoms with van der Waals surface area (Å²) in [6, 6.07) is -1.36. The number of sulfonamides is 1. The molecule has 9 nitrogen and oxygen atoms in total. The zero-order chi connectivity index (χ0) is 15.1. The smallest absolute Gasteiger partial charge is 0.323 e. The fourth-order valence-corrected chi connectivity index (χ4v) is 3.88. The van der Waals surface area contributed by atoms with Gasteiger partial charge in [0, 0.05) is 6.54 Å². The van der Waals surface area contributed by atoms with Crippen LogP contribution in [0.4, 0.5) is 0 Å². The van der Waals surface area contributed by atoms with E-state index in [0.717, 1.165) is 0 Å². The van der Waals surface area contributed by atoms with Crippen molar-refractivity contribution < 1.29 is 27.6 Å². The van der Waals surface area contributed by atoms with Crippen LogP contribution in [0.2, 0.25) is 0 Å². The average molecular weight is 303 g/mol. The van der Waals surface area contributed by atoms with Gasteiger partial charge in [-0.15, -0.1) is 0 Å². The second kappa shape index (κ2) is 4.87. The van der Waals surface area contributed by atoms with E-state index in [-0.39, 0.29) is 22.9 Å². The number of piperazine rings is 1. The van der Waals surface area contributed by atoms with Crippen molar-refractivity contribution in [3.8, 4) is 0 Å². The number of aromatic nitrogens is 1. The molecule has 1 unspecified atom stereocenters. The van der Waals surface area contributed by atoms with Gasteiger partial charge in [-0.3, -0.25) is 9.59 Å². The molecule has 1 amide bonds. The predicted octanol–water partition coefficient (Wildman–Crippen LogP) is -1.13. The molecule has 1 aromatic heterocycles. The Hall–Kier alpha value is -1.94. The van der Waals surface area contributed by atoms with E-state index in [2.05, 4.69) is 10.5 Å². The van der Waals surface area contributed by atoms with Gasteiger partial charge in [-0.05, 0) is 13.8 Å². The predicted molar refractivity (Wildman–Crippen MR) is 64.3 cm³/mol. The van der Waals surface area contributed by atoms with E-state index >= 15 is 0 Å². The topological polar surface area (TPSA) is 130 Å². The van der Waals surface area contributed by atoms with Gasteiger partial charge in [0.25, 0.3) is 0 Å². The third-order valence-electron chi connectivity index (χ3n) is 2.96. The average Bonchev–Trinajstić information content (AvgIpc) is 2.69. The molecule has 110 valence electrons. The Kier molecular flexibility index (Phi) is 3.52. The van der Waals surface area contributed by atoms with Gasteiger partial charge in [0.15, 0.2) is 5.76 Å². The van der Waals surface area contributed by atoms with Crippen LogP contribution in [-0.2, 0) is 19.6 Å². The van der Waals surface area contributed by atoms with Gasteiger partial charge in [0.05, 0.1) is 6.54 Å². The van der Waals surface area contributed by atoms with Crippen molar-refractivity contribution in [1.82, 2.24) is 14.8 Å². The number of nitrogens with zero attached hydrogens (tertiary/aromatic N) is 2. The largest absolute Gasteiger partial charge is 0.480 e. The molecule has 0 bridgehead atoms. The Morgan fingerprint density at radius 1 is 1.50 bits per heavy atom. The minimum atomic E-state index is -4.17. The van der Waals surface area contributed by atoms with Gasteiger partial charge in [0.1, 0.15) is 16.6 Å². The van der Waals surface area contributed by atoms with Crippen molar-refractivity contribution in [2.75, 3.05) is 13.1 Å². The van der Waals surface area contributed by atoms with Gasteiger partial charge >= 0.3 is 5.97 Å². The quantitative estimate of drug-likeness (QED) is 0.722. The number of hydrogen-bond acceptors (Lipinski definition) is 6. The fourth-order valence-electron chi connectivity index (χ4n) is 2.04. The first-order valence-electron chi connectivity index (χ1n) is 5.69. The van der Waals surface area contributed by atoms with Crippen LogP contribution in [0.1, 0.15) is 11.5 Å². The van der Waals surface area contributed by atoms with Crippen molar-refractivity contribution in [3.05, 3.63) is 11.5 Å². The number of hydrogen-bond donors (Lipinski definition) is 2. The van der Waals surface area contributed by atoms with Crippen molar-refractivity contribution in [3.63, 3.8) is 0 Å². The summed E-state index contributed by atoms with van der Waals surface area (Å²) in [5.74, 6) is -1.84. The van der Waals surface area contributed by atoms with E-state index in [4.69, 9.17) is 9.63 Å². The van der Waals surface area contributed by atoms with Crippen LogP contribution in [0.3, 0.4) is 0 Å². The third kappa shape index (κ3) is 2.27. The normalized spacial score (nSPS) is 20.7. The lowest BCUT2D eigenvalue weighted by molar-refractivity contribution is -0.143. The molecular formula is C10H13N3O6S. The summed E-state index contributed by atoms with van der Waals surface area (Å²) >= 11 is 0. The van der Waals surface area contributed by atoms with E-state index in [1.54, 1.807) is 0 Å². The van der Waals surface area contributed by atoms with E-state index in [1.165, 1.54) is 13.8 Å². The minimum absolute atomic E-state index is 0.0534. The van der Waals surface area contributed by atoms with Crippen LogP contribution in [0.25, 0.3) is 0 Å². The van der Waals surface area contributed by atoms with Gasteiger partial charge < -0.3 is 14.9 Å². The summed E-state index contributed by atoms with van der Waals surface area (Å²) in [5.41, 5.74) is 0.123. The van der Waals surface area contributed by atoms with Gasteiger partial charge in [-0.2, -0.15) is 4.31 Å². The molecule has 2 rings (SSSR count). The molecular weight excluding hydrogens is 290 g/mol. The highest BCUT2D eigenvalue weighted by atomic mass is 32.2. The SMILES string of the molecule is Cc1noc(C)c1S(=O)(=O)N1CC(=O)NCC1C(=O)O. The van der Waals surface area contributed by atoms with Gasteiger partial charge in [-0.25, -0.2) is 8.42 Å². The summed E-state index contributed by atoms with van der Waals surface area (Å²) in [6.07, 6.45) is 0. The molecule has 1 aliphatic rings. The highest BCUT2D eigenvalue weighted by molar-refractivity contribution is 7.89. The van der Waals surface area contributed by atoms with Crippen LogP contribution in [-0.4, -0.2) is 54.0 Å². The molecule has 1 aromatic rings. The lowest BCUT2D eigenvalue weighted by Crippen LogP contribution is -2.59. The molecule has 0 spiro atoms. The maximum absolute atomic E-state index is 12.5. The number of nitrogens with one attached hydrogen (secondary N) is 1. The second-order valence-electron chi connectivity index (χ2n) is 4.36. The van der Waals surface area contributed by atoms with E-state index in [0.29, 0.717) is 4.31 Å². The maximum atomic E-state index is 12.5. The number of amides is 1. The number of carbonyl (C=O) groups is 2. The molecule has 2 N–H and O–H groups in total. The molecule has 1 aliphatic heterocycles. The fraction of sp³-hybridized carbons (Fsp3) is 0.500. The van der Waals surface area contributed by atoms with Crippen LogP contribution < -0.4 is 5.32 Å². The molecule has 0 saturated carbocycles. The van der Waals surface area contributed by atoms with Gasteiger partial charge in [-0.1, -0.05) is 5.16 Å². The Morgan fingerprint density at radius 3 is 2.65 bits per heavy atom. The van der Waals surface area contributed by atoms with Gasteiger partial charge in [0.2, 0.25) is 15.9 Å². The number of carboxylic acids is 1. The van der Waals surface area contributed by atoms with Crippen LogP contribution in [0, 0.1) is 13.8 Å². The molecule has 0 radical (unpaired) electrons. The van der Waals surface area contributed by atoms with Crippen LogP contribution >= 0.6 is 0 Å². The molecule has 10 heteroatoms. The van der Waals surface area contributed by atoms with E-state index < -0.39 is 34.5 Å². The highest BCUT2D eigenvalue weighted by Crippen LogP contribution is 2.25. The summed E-state index contributed by atoms with van der Waals surface area (Å²) in [5, 5.41) is 15.0. The molecule has 20 heavy (non-hydrogen) atoms. The van der Waals surface area contributed by atoms with E-state index in [1.807, 2.05) is 0 Å². The lowest BCUT2D eigenvalue weighted by atomic mass is 10.2. The zero-order valence-electron chi connectivity index (χ0n) is 10.8. The summed E-state index contributed by atoms with van der Waals surface area (Å²) in [7, 11) is -4.17. The minimum Gasteiger partial charge on any atom is -0.480 e. The standard InChI is InChI=1S/C10H13N3O6S/c1-5-9(6(2)19-12-5)20(17,18)13-4-8(14)11-3-7(13)10(15)16/h7H,3-4H2,1-2H3,(H,11,14)(H,15,16). The molecule has 2 heterocycles. The first-order valence-corrected chi connectivity index (χ1v) is 7.13. The number of carbonyl (C=O) groups excluding carboxylic acids is 1. The number of aryl methyl sites for hydroxylation is 2. The molecule has 1 fully saturated rings. The van der Waals surface area contributed by atoms with E-state index in [9.17, 15) is 18.0 Å². The third-order valence-corrected chi connectivity index (χ3v) is 5.06.